The summed E-state index contributed by atoms with van der Waals surface area (Å²) >= 11 is 11.9. The highest BCUT2D eigenvalue weighted by atomic mass is 35.5. The van der Waals surface area contributed by atoms with Crippen LogP contribution < -0.4 is 10.5 Å². The van der Waals surface area contributed by atoms with E-state index >= 15 is 0 Å². The molecule has 6 heteroatoms. The quantitative estimate of drug-likeness (QED) is 0.591. The molecule has 2 N–H and O–H groups in total. The first-order valence-electron chi connectivity index (χ1n) is 5.59. The molecule has 0 spiro atoms. The Hall–Kier alpha value is -0.680. The number of nitrogens with two attached hydrogens (primary N) is 1. The molecule has 0 saturated heterocycles. The van der Waals surface area contributed by atoms with Crippen molar-refractivity contribution in [2.45, 2.75) is 6.42 Å². The molecule has 1 rings (SSSR count). The Balaban J connectivity index is 2.27. The monoisotopic (exact) mass is 293 g/mol. The van der Waals surface area contributed by atoms with E-state index in [1.165, 1.54) is 0 Å². The number of benzene rings is 1. The average molecular weight is 294 g/mol. The van der Waals surface area contributed by atoms with Gasteiger partial charge < -0.3 is 19.9 Å². The van der Waals surface area contributed by atoms with E-state index in [1.807, 2.05) is 0 Å². The summed E-state index contributed by atoms with van der Waals surface area (Å²) in [6, 6.07) is 3.20. The highest BCUT2D eigenvalue weighted by Crippen LogP contribution is 2.34. The maximum absolute atomic E-state index is 5.97. The van der Waals surface area contributed by atoms with Gasteiger partial charge in [0.1, 0.15) is 6.61 Å². The lowest BCUT2D eigenvalue weighted by Gasteiger charge is -2.11. The lowest BCUT2D eigenvalue weighted by atomic mass is 10.3. The van der Waals surface area contributed by atoms with Crippen LogP contribution in [0.3, 0.4) is 0 Å². The summed E-state index contributed by atoms with van der Waals surface area (Å²) in [4.78, 5) is 0. The third-order valence-corrected chi connectivity index (χ3v) is 2.69. The smallest absolute Gasteiger partial charge is 0.156 e. The average Bonchev–Trinajstić information content (AvgIpc) is 2.30. The normalized spacial score (nSPS) is 10.6. The minimum Gasteiger partial charge on any atom is -0.488 e. The molecular weight excluding hydrogens is 277 g/mol. The van der Waals surface area contributed by atoms with E-state index in [4.69, 9.17) is 43.1 Å². The summed E-state index contributed by atoms with van der Waals surface area (Å²) in [5, 5.41) is 0.804. The van der Waals surface area contributed by atoms with Crippen molar-refractivity contribution in [3.05, 3.63) is 22.2 Å². The first kappa shape index (κ1) is 15.4. The Morgan fingerprint density at radius 1 is 1.06 bits per heavy atom. The van der Waals surface area contributed by atoms with Crippen LogP contribution in [0.15, 0.2) is 12.1 Å². The van der Waals surface area contributed by atoms with Gasteiger partial charge in [0.2, 0.25) is 0 Å². The molecule has 0 bridgehead atoms. The van der Waals surface area contributed by atoms with Gasteiger partial charge in [0.15, 0.2) is 5.75 Å². The van der Waals surface area contributed by atoms with Crippen molar-refractivity contribution in [2.24, 2.45) is 0 Å². The number of methoxy groups -OCH3 is 1. The first-order chi connectivity index (χ1) is 8.65. The van der Waals surface area contributed by atoms with Gasteiger partial charge in [-0.3, -0.25) is 0 Å². The van der Waals surface area contributed by atoms with Gasteiger partial charge >= 0.3 is 0 Å². The van der Waals surface area contributed by atoms with Crippen LogP contribution in [0.5, 0.6) is 5.75 Å². The Kier molecular flexibility index (Phi) is 7.20. The Morgan fingerprint density at radius 2 is 1.72 bits per heavy atom. The number of rotatable bonds is 8. The van der Waals surface area contributed by atoms with Gasteiger partial charge in [0, 0.05) is 26.0 Å². The van der Waals surface area contributed by atoms with Crippen molar-refractivity contribution in [3.63, 3.8) is 0 Å². The molecule has 0 radical (unpaired) electrons. The number of hydrogen-bond acceptors (Lipinski definition) is 4. The minimum absolute atomic E-state index is 0.385. The van der Waals surface area contributed by atoms with Gasteiger partial charge in [-0.1, -0.05) is 23.2 Å². The lowest BCUT2D eigenvalue weighted by molar-refractivity contribution is 0.0807. The van der Waals surface area contributed by atoms with Crippen LogP contribution in [0.4, 0.5) is 5.69 Å². The molecule has 4 nitrogen and oxygen atoms in total. The van der Waals surface area contributed by atoms with Gasteiger partial charge in [-0.2, -0.15) is 0 Å². The van der Waals surface area contributed by atoms with Crippen molar-refractivity contribution in [2.75, 3.05) is 39.3 Å². The second kappa shape index (κ2) is 8.43. The summed E-state index contributed by atoms with van der Waals surface area (Å²) in [6.07, 6.45) is 0.861. The number of hydrogen-bond donors (Lipinski definition) is 1. The molecule has 0 saturated carbocycles. The van der Waals surface area contributed by atoms with Gasteiger partial charge in [-0.15, -0.1) is 0 Å². The molecule has 102 valence electrons. The molecule has 0 aromatic heterocycles. The molecule has 0 amide bonds. The summed E-state index contributed by atoms with van der Waals surface area (Å²) in [5.41, 5.74) is 6.10. The van der Waals surface area contributed by atoms with E-state index in [9.17, 15) is 0 Å². The molecular formula is C12H17Cl2NO3. The Labute approximate surface area is 117 Å². The van der Waals surface area contributed by atoms with Crippen LogP contribution in [0.25, 0.3) is 0 Å². The zero-order valence-corrected chi connectivity index (χ0v) is 11.8. The van der Waals surface area contributed by atoms with Crippen LogP contribution in [0.2, 0.25) is 10.0 Å². The fourth-order valence-corrected chi connectivity index (χ4v) is 1.94. The fraction of sp³-hybridized carbons (Fsp3) is 0.500. The topological polar surface area (TPSA) is 53.7 Å². The lowest BCUT2D eigenvalue weighted by Crippen LogP contribution is -2.09. The van der Waals surface area contributed by atoms with Crippen molar-refractivity contribution in [1.82, 2.24) is 0 Å². The van der Waals surface area contributed by atoms with Gasteiger partial charge in [0.05, 0.1) is 16.7 Å². The van der Waals surface area contributed by atoms with Crippen LogP contribution in [0, 0.1) is 0 Å². The van der Waals surface area contributed by atoms with Crippen LogP contribution in [-0.2, 0) is 9.47 Å². The highest BCUT2D eigenvalue weighted by Gasteiger charge is 2.08. The van der Waals surface area contributed by atoms with E-state index in [2.05, 4.69) is 0 Å². The van der Waals surface area contributed by atoms with E-state index < -0.39 is 0 Å². The second-order valence-corrected chi connectivity index (χ2v) is 4.44. The molecule has 0 aliphatic rings. The number of nitrogen functional groups attached to an aromatic ring is 1. The molecule has 0 fully saturated rings. The van der Waals surface area contributed by atoms with Crippen molar-refractivity contribution in [1.29, 1.82) is 0 Å². The highest BCUT2D eigenvalue weighted by molar-refractivity contribution is 6.37. The Bertz CT molecular complexity index is 351. The zero-order valence-electron chi connectivity index (χ0n) is 10.2. The van der Waals surface area contributed by atoms with Gasteiger partial charge in [0.25, 0.3) is 0 Å². The molecule has 1 aromatic carbocycles. The predicted octanol–water partition coefficient (Wildman–Crippen LogP) is 3.01. The van der Waals surface area contributed by atoms with Crippen molar-refractivity contribution >= 4 is 28.9 Å². The molecule has 0 atom stereocenters. The van der Waals surface area contributed by atoms with E-state index in [-0.39, 0.29) is 0 Å². The third kappa shape index (κ3) is 5.31. The maximum atomic E-state index is 5.97. The number of anilines is 1. The summed E-state index contributed by atoms with van der Waals surface area (Å²) < 4.78 is 15.7. The van der Waals surface area contributed by atoms with Crippen molar-refractivity contribution < 1.29 is 14.2 Å². The first-order valence-corrected chi connectivity index (χ1v) is 6.34. The van der Waals surface area contributed by atoms with Gasteiger partial charge in [-0.05, 0) is 18.6 Å². The fourth-order valence-electron chi connectivity index (χ4n) is 1.33. The van der Waals surface area contributed by atoms with Crippen LogP contribution >= 0.6 is 23.2 Å². The largest absolute Gasteiger partial charge is 0.488 e. The van der Waals surface area contributed by atoms with E-state index in [0.29, 0.717) is 47.9 Å². The molecule has 0 heterocycles. The summed E-state index contributed by atoms with van der Waals surface area (Å²) in [7, 11) is 1.66. The predicted molar refractivity (Wildman–Crippen MR) is 73.7 cm³/mol. The molecule has 0 aliphatic carbocycles. The molecule has 1 aromatic rings. The number of ether oxygens (including phenoxy) is 3. The summed E-state index contributed by atoms with van der Waals surface area (Å²) in [5.74, 6) is 0.438. The molecule has 18 heavy (non-hydrogen) atoms. The minimum atomic E-state index is 0.385. The Morgan fingerprint density at radius 3 is 2.33 bits per heavy atom. The standard InChI is InChI=1S/C12H17Cl2NO3/c1-16-3-2-4-17-5-6-18-12-10(13)7-9(15)8-11(12)14/h7-8H,2-6,15H2,1H3. The van der Waals surface area contributed by atoms with Crippen LogP contribution in [-0.4, -0.2) is 33.5 Å². The number of halogens is 2. The van der Waals surface area contributed by atoms with Gasteiger partial charge in [-0.25, -0.2) is 0 Å². The molecule has 0 aliphatic heterocycles. The van der Waals surface area contributed by atoms with E-state index in [1.54, 1.807) is 19.2 Å². The summed E-state index contributed by atoms with van der Waals surface area (Å²) in [6.45, 7) is 2.19. The van der Waals surface area contributed by atoms with Crippen molar-refractivity contribution in [3.8, 4) is 5.75 Å². The van der Waals surface area contributed by atoms with Crippen LogP contribution in [0.1, 0.15) is 6.42 Å². The SMILES string of the molecule is COCCCOCCOc1c(Cl)cc(N)cc1Cl. The van der Waals surface area contributed by atoms with E-state index in [0.717, 1.165) is 6.42 Å². The maximum Gasteiger partial charge on any atom is 0.156 e. The molecule has 0 unspecified atom stereocenters. The second-order valence-electron chi connectivity index (χ2n) is 3.62. The third-order valence-electron chi connectivity index (χ3n) is 2.13. The zero-order chi connectivity index (χ0) is 13.4.